The van der Waals surface area contributed by atoms with Gasteiger partial charge in [0.05, 0.1) is 11.8 Å². The summed E-state index contributed by atoms with van der Waals surface area (Å²) in [7, 11) is 0. The first-order valence-corrected chi connectivity index (χ1v) is 8.53. The number of carboxylic acids is 1. The van der Waals surface area contributed by atoms with Gasteiger partial charge < -0.3 is 9.84 Å². The average molecular weight is 294 g/mol. The Kier molecular flexibility index (Phi) is 4.23. The normalized spacial score (nSPS) is 43.8. The van der Waals surface area contributed by atoms with Crippen molar-refractivity contribution in [3.63, 3.8) is 0 Å². The van der Waals surface area contributed by atoms with Gasteiger partial charge in [0.25, 0.3) is 0 Å². The van der Waals surface area contributed by atoms with Crippen molar-refractivity contribution in [1.82, 2.24) is 0 Å². The lowest BCUT2D eigenvalue weighted by atomic mass is 9.70. The van der Waals surface area contributed by atoms with Crippen LogP contribution in [0.5, 0.6) is 0 Å². The van der Waals surface area contributed by atoms with E-state index in [1.54, 1.807) is 0 Å². The van der Waals surface area contributed by atoms with Gasteiger partial charge in [0.2, 0.25) is 0 Å². The number of carbonyl (C=O) groups excluding carboxylic acids is 1. The second-order valence-corrected chi connectivity index (χ2v) is 7.25. The summed E-state index contributed by atoms with van der Waals surface area (Å²) in [6.07, 6.45) is 8.08. The third-order valence-electron chi connectivity index (χ3n) is 6.02. The summed E-state index contributed by atoms with van der Waals surface area (Å²) in [5.41, 5.74) is 0. The molecule has 21 heavy (non-hydrogen) atoms. The maximum absolute atomic E-state index is 12.1. The second kappa shape index (κ2) is 5.98. The van der Waals surface area contributed by atoms with Gasteiger partial charge in [-0.25, -0.2) is 0 Å². The molecule has 0 aromatic carbocycles. The number of hydrogen-bond acceptors (Lipinski definition) is 3. The van der Waals surface area contributed by atoms with Crippen LogP contribution < -0.4 is 0 Å². The van der Waals surface area contributed by atoms with Gasteiger partial charge in [-0.15, -0.1) is 0 Å². The van der Waals surface area contributed by atoms with Crippen molar-refractivity contribution in [1.29, 1.82) is 0 Å². The first-order chi connectivity index (χ1) is 10.1. The maximum atomic E-state index is 12.1. The summed E-state index contributed by atoms with van der Waals surface area (Å²) in [6, 6.07) is 0. The fourth-order valence-corrected chi connectivity index (χ4v) is 4.98. The molecule has 1 heterocycles. The lowest BCUT2D eigenvalue weighted by Crippen LogP contribution is -2.39. The molecule has 118 valence electrons. The summed E-state index contributed by atoms with van der Waals surface area (Å²) in [5, 5.41) is 9.69. The van der Waals surface area contributed by atoms with Crippen molar-refractivity contribution in [2.75, 3.05) is 0 Å². The summed E-state index contributed by atoms with van der Waals surface area (Å²) in [4.78, 5) is 23.9. The molecule has 6 unspecified atom stereocenters. The Morgan fingerprint density at radius 2 is 1.67 bits per heavy atom. The third kappa shape index (κ3) is 2.69. The quantitative estimate of drug-likeness (QED) is 0.627. The average Bonchev–Trinajstić information content (AvgIpc) is 2.66. The topological polar surface area (TPSA) is 63.6 Å². The van der Waals surface area contributed by atoms with E-state index in [0.29, 0.717) is 0 Å². The standard InChI is InChI=1S/C17H26O4/c1-10-6-2-3-9-13(14(10)16(18)19)15-11-7-4-5-8-12(11)17(20)21-15/h10-15H,2-9H2,1H3,(H,18,19). The highest BCUT2D eigenvalue weighted by Gasteiger charge is 2.52. The first kappa shape index (κ1) is 14.9. The number of rotatable bonds is 2. The van der Waals surface area contributed by atoms with E-state index in [9.17, 15) is 14.7 Å². The Labute approximate surface area is 126 Å². The zero-order valence-electron chi connectivity index (χ0n) is 12.8. The molecule has 2 aliphatic carbocycles. The van der Waals surface area contributed by atoms with E-state index in [-0.39, 0.29) is 41.7 Å². The van der Waals surface area contributed by atoms with Crippen LogP contribution in [-0.4, -0.2) is 23.1 Å². The van der Waals surface area contributed by atoms with Crippen LogP contribution in [0.1, 0.15) is 58.3 Å². The van der Waals surface area contributed by atoms with Crippen LogP contribution in [0.4, 0.5) is 0 Å². The van der Waals surface area contributed by atoms with Crippen molar-refractivity contribution < 1.29 is 19.4 Å². The molecule has 0 spiro atoms. The number of ether oxygens (including phenoxy) is 1. The Morgan fingerprint density at radius 1 is 1.05 bits per heavy atom. The monoisotopic (exact) mass is 294 g/mol. The maximum Gasteiger partial charge on any atom is 0.309 e. The van der Waals surface area contributed by atoms with Crippen molar-refractivity contribution in [3.8, 4) is 0 Å². The number of carbonyl (C=O) groups is 2. The predicted octanol–water partition coefficient (Wildman–Crippen LogP) is 3.25. The molecule has 4 nitrogen and oxygen atoms in total. The van der Waals surface area contributed by atoms with Crippen LogP contribution in [0, 0.1) is 29.6 Å². The van der Waals surface area contributed by atoms with E-state index in [1.807, 2.05) is 6.92 Å². The van der Waals surface area contributed by atoms with E-state index in [2.05, 4.69) is 0 Å². The molecule has 3 aliphatic rings. The summed E-state index contributed by atoms with van der Waals surface area (Å²) >= 11 is 0. The molecular formula is C17H26O4. The van der Waals surface area contributed by atoms with Crippen LogP contribution in [0.3, 0.4) is 0 Å². The van der Waals surface area contributed by atoms with Crippen molar-refractivity contribution in [2.45, 2.75) is 64.4 Å². The molecule has 3 rings (SSSR count). The molecule has 1 saturated heterocycles. The zero-order valence-corrected chi connectivity index (χ0v) is 12.8. The van der Waals surface area contributed by atoms with Crippen molar-refractivity contribution in [3.05, 3.63) is 0 Å². The molecule has 4 heteroatoms. The third-order valence-corrected chi connectivity index (χ3v) is 6.02. The van der Waals surface area contributed by atoms with E-state index in [0.717, 1.165) is 51.4 Å². The van der Waals surface area contributed by atoms with Gasteiger partial charge in [0.15, 0.2) is 0 Å². The zero-order chi connectivity index (χ0) is 15.0. The van der Waals surface area contributed by atoms with Crippen molar-refractivity contribution >= 4 is 11.9 Å². The number of hydrogen-bond donors (Lipinski definition) is 1. The molecule has 2 saturated carbocycles. The summed E-state index contributed by atoms with van der Waals surface area (Å²) < 4.78 is 5.73. The minimum atomic E-state index is -0.704. The summed E-state index contributed by atoms with van der Waals surface area (Å²) in [6.45, 7) is 2.05. The smallest absolute Gasteiger partial charge is 0.309 e. The Morgan fingerprint density at radius 3 is 2.38 bits per heavy atom. The molecule has 3 fully saturated rings. The molecule has 1 N–H and O–H groups in total. The van der Waals surface area contributed by atoms with E-state index in [1.165, 1.54) is 0 Å². The molecule has 0 bridgehead atoms. The molecule has 0 aromatic rings. The van der Waals surface area contributed by atoms with Gasteiger partial charge in [-0.05, 0) is 31.6 Å². The van der Waals surface area contributed by atoms with E-state index >= 15 is 0 Å². The SMILES string of the molecule is CC1CCCCC(C2OC(=O)C3CCCCC32)C1C(=O)O. The largest absolute Gasteiger partial charge is 0.481 e. The Balaban J connectivity index is 1.85. The highest BCUT2D eigenvalue weighted by atomic mass is 16.6. The van der Waals surface area contributed by atoms with Gasteiger partial charge in [-0.3, -0.25) is 9.59 Å². The van der Waals surface area contributed by atoms with E-state index < -0.39 is 5.97 Å². The predicted molar refractivity (Wildman–Crippen MR) is 77.6 cm³/mol. The molecular weight excluding hydrogens is 268 g/mol. The van der Waals surface area contributed by atoms with Crippen LogP contribution in [0.15, 0.2) is 0 Å². The Hall–Kier alpha value is -1.06. The highest BCUT2D eigenvalue weighted by molar-refractivity contribution is 5.76. The number of aliphatic carboxylic acids is 1. The number of esters is 1. The van der Waals surface area contributed by atoms with Gasteiger partial charge in [-0.2, -0.15) is 0 Å². The van der Waals surface area contributed by atoms with Gasteiger partial charge in [0, 0.05) is 11.8 Å². The Bertz CT molecular complexity index is 419. The first-order valence-electron chi connectivity index (χ1n) is 8.53. The fourth-order valence-electron chi connectivity index (χ4n) is 4.98. The van der Waals surface area contributed by atoms with Crippen LogP contribution in [0.25, 0.3) is 0 Å². The van der Waals surface area contributed by atoms with E-state index in [4.69, 9.17) is 4.74 Å². The molecule has 6 atom stereocenters. The van der Waals surface area contributed by atoms with Crippen LogP contribution in [-0.2, 0) is 14.3 Å². The summed E-state index contributed by atoms with van der Waals surface area (Å²) in [5.74, 6) is -0.630. The molecule has 1 aliphatic heterocycles. The minimum absolute atomic E-state index is 0.0112. The number of cyclic esters (lactones) is 1. The lowest BCUT2D eigenvalue weighted by Gasteiger charge is -2.34. The lowest BCUT2D eigenvalue weighted by molar-refractivity contribution is -0.154. The number of fused-ring (bicyclic) bond motifs is 1. The van der Waals surface area contributed by atoms with Crippen LogP contribution in [0.2, 0.25) is 0 Å². The fraction of sp³-hybridized carbons (Fsp3) is 0.882. The van der Waals surface area contributed by atoms with Gasteiger partial charge in [0.1, 0.15) is 6.10 Å². The van der Waals surface area contributed by atoms with Gasteiger partial charge >= 0.3 is 11.9 Å². The van der Waals surface area contributed by atoms with Gasteiger partial charge in [-0.1, -0.05) is 32.6 Å². The van der Waals surface area contributed by atoms with Crippen LogP contribution >= 0.6 is 0 Å². The number of carboxylic acid groups (broad SMARTS) is 1. The molecule has 0 radical (unpaired) electrons. The minimum Gasteiger partial charge on any atom is -0.481 e. The molecule has 0 amide bonds. The van der Waals surface area contributed by atoms with Crippen molar-refractivity contribution in [2.24, 2.45) is 29.6 Å². The highest BCUT2D eigenvalue weighted by Crippen LogP contribution is 2.47. The second-order valence-electron chi connectivity index (χ2n) is 7.25. The molecule has 0 aromatic heterocycles.